The van der Waals surface area contributed by atoms with E-state index in [2.05, 4.69) is 24.4 Å². The maximum absolute atomic E-state index is 10.9. The van der Waals surface area contributed by atoms with Crippen molar-refractivity contribution in [3.63, 3.8) is 0 Å². The number of anilines is 1. The van der Waals surface area contributed by atoms with E-state index in [1.54, 1.807) is 18.2 Å². The van der Waals surface area contributed by atoms with Crippen LogP contribution in [0.2, 0.25) is 0 Å². The smallest absolute Gasteiger partial charge is 0.335 e. The van der Waals surface area contributed by atoms with Crippen LogP contribution in [0.15, 0.2) is 36.4 Å². The molecule has 0 heterocycles. The maximum Gasteiger partial charge on any atom is 0.335 e. The van der Waals surface area contributed by atoms with Crippen LogP contribution in [-0.2, 0) is 0 Å². The van der Waals surface area contributed by atoms with E-state index >= 15 is 0 Å². The second kappa shape index (κ2) is 13.6. The first-order chi connectivity index (χ1) is 11.7. The Bertz CT molecular complexity index is 482. The Morgan fingerprint density at radius 2 is 1.67 bits per heavy atom. The molecule has 0 atom stereocenters. The van der Waals surface area contributed by atoms with Crippen molar-refractivity contribution in [2.24, 2.45) is 0 Å². The van der Waals surface area contributed by atoms with Gasteiger partial charge in [0.2, 0.25) is 0 Å². The summed E-state index contributed by atoms with van der Waals surface area (Å²) in [5.74, 6) is -0.882. The van der Waals surface area contributed by atoms with Gasteiger partial charge in [0.25, 0.3) is 0 Å². The molecular formula is C21H33NO2. The zero-order valence-electron chi connectivity index (χ0n) is 15.1. The molecule has 0 saturated carbocycles. The third kappa shape index (κ3) is 10.1. The average Bonchev–Trinajstić information content (AvgIpc) is 2.59. The van der Waals surface area contributed by atoms with E-state index in [9.17, 15) is 4.79 Å². The Kier molecular flexibility index (Phi) is 11.5. The van der Waals surface area contributed by atoms with Gasteiger partial charge in [0, 0.05) is 12.2 Å². The van der Waals surface area contributed by atoms with Gasteiger partial charge in [-0.25, -0.2) is 4.79 Å². The molecule has 3 nitrogen and oxygen atoms in total. The first-order valence-electron chi connectivity index (χ1n) is 9.46. The molecular weight excluding hydrogens is 298 g/mol. The summed E-state index contributed by atoms with van der Waals surface area (Å²) < 4.78 is 0. The molecule has 0 amide bonds. The number of nitrogens with one attached hydrogen (secondary N) is 1. The zero-order chi connectivity index (χ0) is 17.5. The molecule has 0 bridgehead atoms. The van der Waals surface area contributed by atoms with Crippen molar-refractivity contribution in [2.75, 3.05) is 11.9 Å². The Labute approximate surface area is 147 Å². The van der Waals surface area contributed by atoms with Gasteiger partial charge < -0.3 is 10.4 Å². The fourth-order valence-corrected chi connectivity index (χ4v) is 2.67. The van der Waals surface area contributed by atoms with Gasteiger partial charge in [-0.15, -0.1) is 0 Å². The Morgan fingerprint density at radius 3 is 2.38 bits per heavy atom. The van der Waals surface area contributed by atoms with Crippen molar-refractivity contribution in [2.45, 2.75) is 71.1 Å². The van der Waals surface area contributed by atoms with Crippen molar-refractivity contribution < 1.29 is 9.90 Å². The van der Waals surface area contributed by atoms with Crippen molar-refractivity contribution in [3.8, 4) is 0 Å². The maximum atomic E-state index is 10.9. The minimum atomic E-state index is -0.882. The number of carboxylic acids is 1. The summed E-state index contributed by atoms with van der Waals surface area (Å²) in [6.45, 7) is 3.12. The van der Waals surface area contributed by atoms with Crippen LogP contribution in [0.5, 0.6) is 0 Å². The van der Waals surface area contributed by atoms with E-state index in [0.717, 1.165) is 25.1 Å². The minimum Gasteiger partial charge on any atom is -0.478 e. The number of unbranched alkanes of at least 4 members (excludes halogenated alkanes) is 8. The highest BCUT2D eigenvalue weighted by Gasteiger charge is 2.02. The molecule has 3 heteroatoms. The first kappa shape index (κ1) is 20.3. The van der Waals surface area contributed by atoms with E-state index < -0.39 is 5.97 Å². The topological polar surface area (TPSA) is 49.3 Å². The minimum absolute atomic E-state index is 0.328. The van der Waals surface area contributed by atoms with E-state index in [1.807, 2.05) is 6.07 Å². The molecule has 0 aromatic heterocycles. The van der Waals surface area contributed by atoms with Gasteiger partial charge in [0.1, 0.15) is 0 Å². The van der Waals surface area contributed by atoms with Gasteiger partial charge in [-0.1, -0.05) is 63.7 Å². The van der Waals surface area contributed by atoms with Crippen LogP contribution in [-0.4, -0.2) is 17.6 Å². The summed E-state index contributed by atoms with van der Waals surface area (Å²) in [5.41, 5.74) is 1.21. The molecule has 0 saturated heterocycles. The van der Waals surface area contributed by atoms with E-state index in [1.165, 1.54) is 51.4 Å². The second-order valence-electron chi connectivity index (χ2n) is 6.34. The number of hydrogen-bond donors (Lipinski definition) is 2. The number of rotatable bonds is 14. The van der Waals surface area contributed by atoms with Crippen molar-refractivity contribution in [3.05, 3.63) is 42.0 Å². The number of hydrogen-bond acceptors (Lipinski definition) is 2. The van der Waals surface area contributed by atoms with E-state index in [4.69, 9.17) is 5.11 Å². The fraction of sp³-hybridized carbons (Fsp3) is 0.571. The van der Waals surface area contributed by atoms with Gasteiger partial charge >= 0.3 is 5.97 Å². The molecule has 134 valence electrons. The molecule has 0 aliphatic rings. The Hall–Kier alpha value is -1.77. The Morgan fingerprint density at radius 1 is 1.00 bits per heavy atom. The molecule has 0 unspecified atom stereocenters. The molecule has 0 aliphatic carbocycles. The van der Waals surface area contributed by atoms with E-state index in [-0.39, 0.29) is 0 Å². The number of allylic oxidation sites excluding steroid dienone is 2. The van der Waals surface area contributed by atoms with Crippen molar-refractivity contribution in [1.82, 2.24) is 0 Å². The summed E-state index contributed by atoms with van der Waals surface area (Å²) in [5, 5.41) is 12.2. The summed E-state index contributed by atoms with van der Waals surface area (Å²) in [4.78, 5) is 10.9. The molecule has 0 fully saturated rings. The third-order valence-electron chi connectivity index (χ3n) is 4.13. The first-order valence-corrected chi connectivity index (χ1v) is 9.46. The van der Waals surface area contributed by atoms with Crippen molar-refractivity contribution in [1.29, 1.82) is 0 Å². The largest absolute Gasteiger partial charge is 0.478 e. The second-order valence-corrected chi connectivity index (χ2v) is 6.34. The quantitative estimate of drug-likeness (QED) is 0.312. The monoisotopic (exact) mass is 331 g/mol. The average molecular weight is 332 g/mol. The molecule has 0 radical (unpaired) electrons. The highest BCUT2D eigenvalue weighted by Crippen LogP contribution is 2.11. The molecule has 2 N–H and O–H groups in total. The summed E-state index contributed by atoms with van der Waals surface area (Å²) >= 11 is 0. The molecule has 1 aromatic rings. The molecule has 24 heavy (non-hydrogen) atoms. The number of carboxylic acid groups (broad SMARTS) is 1. The van der Waals surface area contributed by atoms with Crippen LogP contribution in [0, 0.1) is 0 Å². The van der Waals surface area contributed by atoms with Gasteiger partial charge in [0.05, 0.1) is 5.56 Å². The number of carbonyl (C=O) groups is 1. The lowest BCUT2D eigenvalue weighted by Crippen LogP contribution is -2.03. The van der Waals surface area contributed by atoms with Gasteiger partial charge in [-0.3, -0.25) is 0 Å². The lowest BCUT2D eigenvalue weighted by atomic mass is 10.1. The predicted molar refractivity (Wildman–Crippen MR) is 103 cm³/mol. The van der Waals surface area contributed by atoms with Crippen LogP contribution in [0.1, 0.15) is 81.5 Å². The normalized spacial score (nSPS) is 11.0. The van der Waals surface area contributed by atoms with Gasteiger partial charge in [-0.2, -0.15) is 0 Å². The van der Waals surface area contributed by atoms with Crippen molar-refractivity contribution >= 4 is 11.7 Å². The summed E-state index contributed by atoms with van der Waals surface area (Å²) in [6, 6.07) is 6.97. The highest BCUT2D eigenvalue weighted by atomic mass is 16.4. The molecule has 1 rings (SSSR count). The van der Waals surface area contributed by atoms with E-state index in [0.29, 0.717) is 5.56 Å². The number of aromatic carboxylic acids is 1. The molecule has 0 aliphatic heterocycles. The molecule has 1 aromatic carbocycles. The molecule has 0 spiro atoms. The lowest BCUT2D eigenvalue weighted by Gasteiger charge is -2.06. The highest BCUT2D eigenvalue weighted by molar-refractivity contribution is 5.88. The summed E-state index contributed by atoms with van der Waals surface area (Å²) in [7, 11) is 0. The van der Waals surface area contributed by atoms with Gasteiger partial charge in [-0.05, 0) is 43.9 Å². The SMILES string of the molecule is CCCCCCCCCC=CCCCNc1cccc(C(=O)O)c1. The van der Waals surface area contributed by atoms with Crippen LogP contribution >= 0.6 is 0 Å². The van der Waals surface area contributed by atoms with Crippen LogP contribution in [0.3, 0.4) is 0 Å². The zero-order valence-corrected chi connectivity index (χ0v) is 15.1. The van der Waals surface area contributed by atoms with Gasteiger partial charge in [0.15, 0.2) is 0 Å². The fourth-order valence-electron chi connectivity index (χ4n) is 2.67. The predicted octanol–water partition coefficient (Wildman–Crippen LogP) is 6.27. The number of benzene rings is 1. The van der Waals surface area contributed by atoms with Crippen LogP contribution in [0.25, 0.3) is 0 Å². The Balaban J connectivity index is 1.98. The summed E-state index contributed by atoms with van der Waals surface area (Å²) in [6.07, 6.45) is 17.4. The lowest BCUT2D eigenvalue weighted by molar-refractivity contribution is 0.0697. The van der Waals surface area contributed by atoms with Crippen LogP contribution in [0.4, 0.5) is 5.69 Å². The standard InChI is InChI=1S/C21H33NO2/c1-2-3-4-5-6-7-8-9-10-11-12-13-17-22-20-16-14-15-19(18-20)21(23)24/h10-11,14-16,18,22H,2-9,12-13,17H2,1H3,(H,23,24). The van der Waals surface area contributed by atoms with Crippen LogP contribution < -0.4 is 5.32 Å². The third-order valence-corrected chi connectivity index (χ3v) is 4.13.